The van der Waals surface area contributed by atoms with E-state index in [0.29, 0.717) is 24.6 Å². The van der Waals surface area contributed by atoms with Crippen molar-refractivity contribution in [3.63, 3.8) is 0 Å². The highest BCUT2D eigenvalue weighted by Gasteiger charge is 2.48. The molecule has 1 aliphatic carbocycles. The van der Waals surface area contributed by atoms with Crippen LogP contribution in [0.15, 0.2) is 36.4 Å². The van der Waals surface area contributed by atoms with E-state index in [9.17, 15) is 49.4 Å². The second kappa shape index (κ2) is 8.14. The molecule has 0 aliphatic heterocycles. The van der Waals surface area contributed by atoms with Gasteiger partial charge in [0.05, 0.1) is 16.5 Å². The SMILES string of the molecule is O=C(O)C1(c2cc(-c3ccc(C(F)(F)F)cc3)c(OCC(F)(F)F)c(C(F)(F)F)c2)CCC1. The summed E-state index contributed by atoms with van der Waals surface area (Å²) in [5.74, 6) is -2.66. The minimum atomic E-state index is -5.24. The lowest BCUT2D eigenvalue weighted by molar-refractivity contribution is -0.158. The molecule has 12 heteroatoms. The van der Waals surface area contributed by atoms with E-state index >= 15 is 0 Å². The van der Waals surface area contributed by atoms with Crippen molar-refractivity contribution >= 4 is 5.97 Å². The Hall–Kier alpha value is -2.92. The fraction of sp³-hybridized carbons (Fsp3) is 0.381. The van der Waals surface area contributed by atoms with Crippen LogP contribution in [-0.4, -0.2) is 23.9 Å². The van der Waals surface area contributed by atoms with Crippen LogP contribution in [0.1, 0.15) is 36.0 Å². The Morgan fingerprint density at radius 3 is 1.88 bits per heavy atom. The number of halogens is 9. The predicted molar refractivity (Wildman–Crippen MR) is 96.6 cm³/mol. The van der Waals surface area contributed by atoms with Gasteiger partial charge in [-0.05, 0) is 48.2 Å². The Bertz CT molecular complexity index is 1030. The third-order valence-electron chi connectivity index (χ3n) is 5.47. The number of hydrogen-bond acceptors (Lipinski definition) is 2. The van der Waals surface area contributed by atoms with Gasteiger partial charge in [-0.3, -0.25) is 4.79 Å². The molecule has 0 spiro atoms. The highest BCUT2D eigenvalue weighted by Crippen LogP contribution is 2.50. The number of aliphatic carboxylic acids is 1. The van der Waals surface area contributed by atoms with E-state index in [-0.39, 0.29) is 24.0 Å². The molecule has 33 heavy (non-hydrogen) atoms. The van der Waals surface area contributed by atoms with Crippen molar-refractivity contribution < 1.29 is 54.2 Å². The highest BCUT2D eigenvalue weighted by atomic mass is 19.4. The molecule has 0 atom stereocenters. The number of carboxylic acids is 1. The van der Waals surface area contributed by atoms with Crippen LogP contribution in [0.2, 0.25) is 0 Å². The van der Waals surface area contributed by atoms with Crippen molar-refractivity contribution in [1.29, 1.82) is 0 Å². The third kappa shape index (κ3) is 5.03. The zero-order valence-electron chi connectivity index (χ0n) is 16.5. The Balaban J connectivity index is 2.27. The molecule has 3 rings (SSSR count). The van der Waals surface area contributed by atoms with Crippen LogP contribution in [-0.2, 0) is 22.6 Å². The first-order valence-electron chi connectivity index (χ1n) is 9.41. The molecular formula is C21H15F9O3. The lowest BCUT2D eigenvalue weighted by Crippen LogP contribution is -2.42. The summed E-state index contributed by atoms with van der Waals surface area (Å²) < 4.78 is 123. The fourth-order valence-corrected chi connectivity index (χ4v) is 3.63. The quantitative estimate of drug-likeness (QED) is 0.471. The van der Waals surface area contributed by atoms with Crippen molar-refractivity contribution in [2.24, 2.45) is 0 Å². The first-order chi connectivity index (χ1) is 15.0. The topological polar surface area (TPSA) is 46.5 Å². The van der Waals surface area contributed by atoms with E-state index in [0.717, 1.165) is 18.2 Å². The van der Waals surface area contributed by atoms with Gasteiger partial charge < -0.3 is 9.84 Å². The van der Waals surface area contributed by atoms with Crippen LogP contribution in [0.5, 0.6) is 5.75 Å². The van der Waals surface area contributed by atoms with E-state index in [2.05, 4.69) is 4.74 Å². The van der Waals surface area contributed by atoms with Crippen molar-refractivity contribution in [3.8, 4) is 16.9 Å². The molecule has 0 unspecified atom stereocenters. The Kier molecular flexibility index (Phi) is 6.10. The molecule has 1 fully saturated rings. The smallest absolute Gasteiger partial charge is 0.422 e. The molecule has 0 radical (unpaired) electrons. The second-order valence-corrected chi connectivity index (χ2v) is 7.62. The maximum Gasteiger partial charge on any atom is 0.422 e. The van der Waals surface area contributed by atoms with Crippen LogP contribution in [0.3, 0.4) is 0 Å². The molecule has 2 aromatic carbocycles. The minimum absolute atomic E-state index is 0.00512. The molecule has 1 saturated carbocycles. The van der Waals surface area contributed by atoms with Crippen LogP contribution >= 0.6 is 0 Å². The Morgan fingerprint density at radius 2 is 1.48 bits per heavy atom. The molecule has 1 aliphatic rings. The van der Waals surface area contributed by atoms with Gasteiger partial charge in [0.2, 0.25) is 0 Å². The van der Waals surface area contributed by atoms with Gasteiger partial charge in [0.1, 0.15) is 5.75 Å². The van der Waals surface area contributed by atoms with Crippen molar-refractivity contribution in [1.82, 2.24) is 0 Å². The first kappa shape index (κ1) is 24.7. The molecule has 0 aromatic heterocycles. The number of alkyl halides is 9. The molecule has 0 heterocycles. The summed E-state index contributed by atoms with van der Waals surface area (Å²) in [4.78, 5) is 11.8. The van der Waals surface area contributed by atoms with Crippen LogP contribution in [0, 0.1) is 0 Å². The number of benzene rings is 2. The molecular weight excluding hydrogens is 471 g/mol. The van der Waals surface area contributed by atoms with Gasteiger partial charge in [0, 0.05) is 5.56 Å². The van der Waals surface area contributed by atoms with E-state index in [1.807, 2.05) is 0 Å². The standard InChI is InChI=1S/C21H15F9O3/c22-19(23,24)10-33-16-14(11-2-4-12(5-3-11)20(25,26)27)8-13(9-15(16)21(28,29)30)18(17(31)32)6-1-7-18/h2-5,8-9H,1,6-7,10H2,(H,31,32). The van der Waals surface area contributed by atoms with Gasteiger partial charge in [-0.1, -0.05) is 18.6 Å². The summed E-state index contributed by atoms with van der Waals surface area (Å²) in [5, 5.41) is 9.61. The minimum Gasteiger partial charge on any atom is -0.483 e. The van der Waals surface area contributed by atoms with Gasteiger partial charge >= 0.3 is 24.5 Å². The van der Waals surface area contributed by atoms with Gasteiger partial charge in [-0.25, -0.2) is 0 Å². The summed E-state index contributed by atoms with van der Waals surface area (Å²) in [6, 6.07) is 4.06. The maximum atomic E-state index is 13.8. The summed E-state index contributed by atoms with van der Waals surface area (Å²) in [6.45, 7) is -2.09. The Morgan fingerprint density at radius 1 is 0.909 bits per heavy atom. The Labute approximate surface area is 180 Å². The lowest BCUT2D eigenvalue weighted by atomic mass is 9.64. The number of carboxylic acid groups (broad SMARTS) is 1. The second-order valence-electron chi connectivity index (χ2n) is 7.62. The van der Waals surface area contributed by atoms with E-state index in [1.54, 1.807) is 0 Å². The van der Waals surface area contributed by atoms with Crippen molar-refractivity contribution in [2.75, 3.05) is 6.61 Å². The van der Waals surface area contributed by atoms with E-state index in [1.165, 1.54) is 0 Å². The average molecular weight is 486 g/mol. The van der Waals surface area contributed by atoms with E-state index < -0.39 is 59.0 Å². The van der Waals surface area contributed by atoms with Gasteiger partial charge in [0.15, 0.2) is 6.61 Å². The molecule has 1 N–H and O–H groups in total. The number of hydrogen-bond donors (Lipinski definition) is 1. The maximum absolute atomic E-state index is 13.8. The molecule has 2 aromatic rings. The van der Waals surface area contributed by atoms with Gasteiger partial charge in [0.25, 0.3) is 0 Å². The lowest BCUT2D eigenvalue weighted by Gasteiger charge is -2.39. The van der Waals surface area contributed by atoms with Gasteiger partial charge in [-0.2, -0.15) is 39.5 Å². The summed E-state index contributed by atoms with van der Waals surface area (Å²) >= 11 is 0. The molecule has 180 valence electrons. The number of carbonyl (C=O) groups is 1. The summed E-state index contributed by atoms with van der Waals surface area (Å²) in [5.41, 5.74) is -5.67. The molecule has 3 nitrogen and oxygen atoms in total. The summed E-state index contributed by atoms with van der Waals surface area (Å²) in [7, 11) is 0. The van der Waals surface area contributed by atoms with Crippen LogP contribution < -0.4 is 4.74 Å². The highest BCUT2D eigenvalue weighted by molar-refractivity contribution is 5.85. The van der Waals surface area contributed by atoms with E-state index in [4.69, 9.17) is 0 Å². The largest absolute Gasteiger partial charge is 0.483 e. The van der Waals surface area contributed by atoms with Crippen molar-refractivity contribution in [3.05, 3.63) is 53.1 Å². The fourth-order valence-electron chi connectivity index (χ4n) is 3.63. The average Bonchev–Trinajstić information content (AvgIpc) is 2.63. The predicted octanol–water partition coefficient (Wildman–Crippen LogP) is 6.84. The first-order valence-corrected chi connectivity index (χ1v) is 9.41. The third-order valence-corrected chi connectivity index (χ3v) is 5.47. The monoisotopic (exact) mass is 486 g/mol. The van der Waals surface area contributed by atoms with Crippen LogP contribution in [0.25, 0.3) is 11.1 Å². The van der Waals surface area contributed by atoms with Gasteiger partial charge in [-0.15, -0.1) is 0 Å². The molecule has 0 bridgehead atoms. The molecule has 0 amide bonds. The van der Waals surface area contributed by atoms with Crippen molar-refractivity contribution in [2.45, 2.75) is 43.2 Å². The zero-order valence-corrected chi connectivity index (χ0v) is 16.5. The van der Waals surface area contributed by atoms with Crippen LogP contribution in [0.4, 0.5) is 39.5 Å². The zero-order chi connectivity index (χ0) is 24.8. The normalized spacial score (nSPS) is 16.3. The number of rotatable bonds is 5. The molecule has 0 saturated heterocycles. The number of ether oxygens (including phenoxy) is 1. The summed E-state index contributed by atoms with van der Waals surface area (Å²) in [6.07, 6.45) is -14.6.